The predicted molar refractivity (Wildman–Crippen MR) is 65.6 cm³/mol. The molecular formula is C12H24N2O3. The fraction of sp³-hybridized carbons (Fsp3) is 0.917. The van der Waals surface area contributed by atoms with Crippen LogP contribution in [0.15, 0.2) is 0 Å². The van der Waals surface area contributed by atoms with E-state index in [0.29, 0.717) is 19.8 Å². The molecule has 1 rings (SSSR count). The highest BCUT2D eigenvalue weighted by Crippen LogP contribution is 2.13. The summed E-state index contributed by atoms with van der Waals surface area (Å²) < 4.78 is 5.23. The van der Waals surface area contributed by atoms with E-state index in [9.17, 15) is 4.79 Å². The average Bonchev–Trinajstić information content (AvgIpc) is 2.27. The first-order chi connectivity index (χ1) is 7.95. The molecule has 0 aromatic rings. The molecule has 0 atom stereocenters. The van der Waals surface area contributed by atoms with E-state index >= 15 is 0 Å². The molecule has 1 heterocycles. The third kappa shape index (κ3) is 4.52. The fourth-order valence-electron chi connectivity index (χ4n) is 1.91. The van der Waals surface area contributed by atoms with Gasteiger partial charge in [0.1, 0.15) is 0 Å². The minimum absolute atomic E-state index is 0.0753. The summed E-state index contributed by atoms with van der Waals surface area (Å²) in [6, 6.07) is -0.175. The smallest absolute Gasteiger partial charge is 0.341 e. The maximum Gasteiger partial charge on any atom is 0.341 e. The number of ether oxygens (including phenoxy) is 1. The van der Waals surface area contributed by atoms with Gasteiger partial charge in [-0.2, -0.15) is 0 Å². The molecule has 100 valence electrons. The zero-order chi connectivity index (χ0) is 12.9. The molecule has 0 aromatic carbocycles. The lowest BCUT2D eigenvalue weighted by atomic mass is 10.1. The van der Waals surface area contributed by atoms with Gasteiger partial charge in [-0.15, -0.1) is 0 Å². The Labute approximate surface area is 103 Å². The fourth-order valence-corrected chi connectivity index (χ4v) is 1.91. The molecule has 0 unspecified atom stereocenters. The van der Waals surface area contributed by atoms with Crippen molar-refractivity contribution in [2.24, 2.45) is 0 Å². The molecule has 1 aliphatic heterocycles. The van der Waals surface area contributed by atoms with Gasteiger partial charge >= 0.3 is 6.03 Å². The second-order valence-corrected chi connectivity index (χ2v) is 5.25. The average molecular weight is 244 g/mol. The maximum absolute atomic E-state index is 11.9. The Hall–Kier alpha value is -0.810. The van der Waals surface area contributed by atoms with E-state index in [4.69, 9.17) is 9.57 Å². The zero-order valence-corrected chi connectivity index (χ0v) is 11.3. The van der Waals surface area contributed by atoms with Gasteiger partial charge in [0.25, 0.3) is 0 Å². The minimum atomic E-state index is -0.197. The second-order valence-electron chi connectivity index (χ2n) is 5.25. The summed E-state index contributed by atoms with van der Waals surface area (Å²) in [6.45, 7) is 10.0. The summed E-state index contributed by atoms with van der Waals surface area (Å²) >= 11 is 0. The van der Waals surface area contributed by atoms with Crippen molar-refractivity contribution in [2.75, 3.05) is 19.8 Å². The van der Waals surface area contributed by atoms with E-state index in [1.165, 1.54) is 0 Å². The molecule has 0 radical (unpaired) electrons. The number of amides is 2. The number of hydrogen-bond donors (Lipinski definition) is 1. The Balaban J connectivity index is 2.36. The molecule has 1 N–H and O–H groups in total. The monoisotopic (exact) mass is 244 g/mol. The van der Waals surface area contributed by atoms with Gasteiger partial charge in [-0.05, 0) is 40.5 Å². The third-order valence-corrected chi connectivity index (χ3v) is 2.85. The van der Waals surface area contributed by atoms with Crippen LogP contribution in [0.4, 0.5) is 4.79 Å². The Kier molecular flexibility index (Phi) is 5.21. The second kappa shape index (κ2) is 6.21. The van der Waals surface area contributed by atoms with E-state index in [1.54, 1.807) is 4.90 Å². The minimum Gasteiger partial charge on any atom is -0.381 e. The van der Waals surface area contributed by atoms with Crippen LogP contribution >= 0.6 is 0 Å². The van der Waals surface area contributed by atoms with Crippen LogP contribution < -0.4 is 5.48 Å². The van der Waals surface area contributed by atoms with E-state index in [0.717, 1.165) is 12.8 Å². The lowest BCUT2D eigenvalue weighted by molar-refractivity contribution is -0.0693. The zero-order valence-electron chi connectivity index (χ0n) is 11.3. The first kappa shape index (κ1) is 14.3. The van der Waals surface area contributed by atoms with Gasteiger partial charge in [-0.1, -0.05) is 0 Å². The number of hydroxylamine groups is 1. The van der Waals surface area contributed by atoms with Gasteiger partial charge in [0.05, 0.1) is 6.10 Å². The summed E-state index contributed by atoms with van der Waals surface area (Å²) in [7, 11) is 0. The van der Waals surface area contributed by atoms with Crippen molar-refractivity contribution in [1.82, 2.24) is 10.4 Å². The molecule has 1 fully saturated rings. The Morgan fingerprint density at radius 1 is 1.41 bits per heavy atom. The van der Waals surface area contributed by atoms with Crippen molar-refractivity contribution in [1.29, 1.82) is 0 Å². The number of rotatable bonds is 3. The van der Waals surface area contributed by atoms with E-state index in [1.807, 2.05) is 27.7 Å². The molecule has 0 aromatic heterocycles. The largest absolute Gasteiger partial charge is 0.381 e. The van der Waals surface area contributed by atoms with E-state index in [2.05, 4.69) is 5.48 Å². The first-order valence-corrected chi connectivity index (χ1v) is 6.26. The van der Waals surface area contributed by atoms with Gasteiger partial charge in [0.15, 0.2) is 0 Å². The van der Waals surface area contributed by atoms with Crippen LogP contribution in [-0.4, -0.2) is 42.3 Å². The number of nitrogens with one attached hydrogen (secondary N) is 1. The number of carbonyl (C=O) groups excluding carboxylic acids is 1. The summed E-state index contributed by atoms with van der Waals surface area (Å²) in [5.41, 5.74) is 2.34. The summed E-state index contributed by atoms with van der Waals surface area (Å²) in [6.07, 6.45) is 1.75. The highest BCUT2D eigenvalue weighted by Gasteiger charge is 2.25. The SMILES string of the molecule is CCN(C(=O)NOC1CCOCC1)C(C)(C)C. The highest BCUT2D eigenvalue weighted by atomic mass is 16.7. The third-order valence-electron chi connectivity index (χ3n) is 2.85. The maximum atomic E-state index is 11.9. The van der Waals surface area contributed by atoms with Crippen molar-refractivity contribution in [3.63, 3.8) is 0 Å². The van der Waals surface area contributed by atoms with Gasteiger partial charge in [-0.25, -0.2) is 10.3 Å². The molecule has 0 saturated carbocycles. The van der Waals surface area contributed by atoms with E-state index < -0.39 is 0 Å². The summed E-state index contributed by atoms with van der Waals surface area (Å²) in [5, 5.41) is 0. The molecule has 17 heavy (non-hydrogen) atoms. The molecule has 1 aliphatic rings. The van der Waals surface area contributed by atoms with Crippen LogP contribution in [0.2, 0.25) is 0 Å². The van der Waals surface area contributed by atoms with Crippen LogP contribution in [0.1, 0.15) is 40.5 Å². The van der Waals surface area contributed by atoms with Gasteiger partial charge in [0.2, 0.25) is 0 Å². The summed E-state index contributed by atoms with van der Waals surface area (Å²) in [5.74, 6) is 0. The number of urea groups is 1. The Bertz CT molecular complexity index is 245. The van der Waals surface area contributed by atoms with Crippen molar-refractivity contribution in [3.8, 4) is 0 Å². The van der Waals surface area contributed by atoms with E-state index in [-0.39, 0.29) is 17.7 Å². The number of nitrogens with zero attached hydrogens (tertiary/aromatic N) is 1. The molecule has 0 spiro atoms. The van der Waals surface area contributed by atoms with Crippen LogP contribution in [-0.2, 0) is 9.57 Å². The van der Waals surface area contributed by atoms with Crippen LogP contribution in [0.25, 0.3) is 0 Å². The lowest BCUT2D eigenvalue weighted by Gasteiger charge is -2.35. The standard InChI is InChI=1S/C12H24N2O3/c1-5-14(12(2,3)4)11(15)13-17-10-6-8-16-9-7-10/h10H,5-9H2,1-4H3,(H,13,15). The highest BCUT2D eigenvalue weighted by molar-refractivity contribution is 5.73. The molecule has 1 saturated heterocycles. The van der Waals surface area contributed by atoms with Crippen LogP contribution in [0.3, 0.4) is 0 Å². The Morgan fingerprint density at radius 3 is 2.47 bits per heavy atom. The van der Waals surface area contributed by atoms with Crippen molar-refractivity contribution < 1.29 is 14.4 Å². The van der Waals surface area contributed by atoms with Gasteiger partial charge in [-0.3, -0.25) is 4.84 Å². The number of carbonyl (C=O) groups is 1. The first-order valence-electron chi connectivity index (χ1n) is 6.26. The molecule has 5 nitrogen and oxygen atoms in total. The normalized spacial score (nSPS) is 17.9. The van der Waals surface area contributed by atoms with Gasteiger partial charge < -0.3 is 9.64 Å². The van der Waals surface area contributed by atoms with Crippen LogP contribution in [0, 0.1) is 0 Å². The number of hydrogen-bond acceptors (Lipinski definition) is 3. The molecular weight excluding hydrogens is 220 g/mol. The molecule has 0 bridgehead atoms. The summed E-state index contributed by atoms with van der Waals surface area (Å²) in [4.78, 5) is 19.1. The quantitative estimate of drug-likeness (QED) is 0.772. The van der Waals surface area contributed by atoms with Crippen LogP contribution in [0.5, 0.6) is 0 Å². The van der Waals surface area contributed by atoms with Gasteiger partial charge in [0, 0.05) is 25.3 Å². The topological polar surface area (TPSA) is 50.8 Å². The molecule has 0 aliphatic carbocycles. The van der Waals surface area contributed by atoms with Crippen molar-refractivity contribution >= 4 is 6.03 Å². The Morgan fingerprint density at radius 2 is 2.00 bits per heavy atom. The van der Waals surface area contributed by atoms with Crippen molar-refractivity contribution in [3.05, 3.63) is 0 Å². The van der Waals surface area contributed by atoms with Crippen molar-refractivity contribution in [2.45, 2.75) is 52.2 Å². The molecule has 5 heteroatoms. The molecule has 2 amide bonds. The lowest BCUT2D eigenvalue weighted by Crippen LogP contribution is -2.51. The predicted octanol–water partition coefficient (Wildman–Crippen LogP) is 1.93.